The molecular formula is C18H28N4O4. The number of ether oxygens (including phenoxy) is 1. The van der Waals surface area contributed by atoms with Crippen molar-refractivity contribution in [3.63, 3.8) is 0 Å². The molecule has 0 atom stereocenters. The van der Waals surface area contributed by atoms with Crippen LogP contribution in [0.4, 0.5) is 0 Å². The minimum absolute atomic E-state index is 0.0623. The topological polar surface area (TPSA) is 79.1 Å². The second-order valence-electron chi connectivity index (χ2n) is 7.16. The first kappa shape index (κ1) is 18.8. The van der Waals surface area contributed by atoms with Crippen LogP contribution in [-0.4, -0.2) is 84.7 Å². The van der Waals surface area contributed by atoms with Gasteiger partial charge in [0.1, 0.15) is 5.76 Å². The Hall–Kier alpha value is -1.93. The fourth-order valence-corrected chi connectivity index (χ4v) is 3.65. The number of amides is 1. The molecule has 3 heterocycles. The van der Waals surface area contributed by atoms with Crippen LogP contribution >= 0.6 is 0 Å². The molecule has 0 unspecified atom stereocenters. The molecule has 2 aliphatic heterocycles. The summed E-state index contributed by atoms with van der Waals surface area (Å²) < 4.78 is 9.91. The lowest BCUT2D eigenvalue weighted by atomic mass is 9.97. The number of nitrogens with zero attached hydrogens (tertiary/aromatic N) is 4. The number of hydrogen-bond acceptors (Lipinski definition) is 7. The summed E-state index contributed by atoms with van der Waals surface area (Å²) in [6.45, 7) is 8.03. The molecule has 8 nitrogen and oxygen atoms in total. The van der Waals surface area contributed by atoms with Gasteiger partial charge in [0.25, 0.3) is 0 Å². The molecule has 0 saturated carbocycles. The molecule has 26 heavy (non-hydrogen) atoms. The first-order valence-corrected chi connectivity index (χ1v) is 9.27. The summed E-state index contributed by atoms with van der Waals surface area (Å²) in [4.78, 5) is 30.5. The van der Waals surface area contributed by atoms with Gasteiger partial charge in [0, 0.05) is 51.9 Å². The number of esters is 1. The van der Waals surface area contributed by atoms with E-state index >= 15 is 0 Å². The van der Waals surface area contributed by atoms with Gasteiger partial charge in [-0.1, -0.05) is 5.16 Å². The molecule has 144 valence electrons. The Balaban J connectivity index is 1.38. The molecule has 0 N–H and O–H groups in total. The lowest BCUT2D eigenvalue weighted by molar-refractivity contribution is -0.149. The number of rotatable bonds is 5. The summed E-state index contributed by atoms with van der Waals surface area (Å²) in [5, 5.41) is 4.04. The summed E-state index contributed by atoms with van der Waals surface area (Å²) in [6, 6.07) is 1.97. The van der Waals surface area contributed by atoms with Gasteiger partial charge in [-0.2, -0.15) is 0 Å². The molecule has 0 spiro atoms. The van der Waals surface area contributed by atoms with Crippen LogP contribution in [0.5, 0.6) is 0 Å². The predicted octanol–water partition coefficient (Wildman–Crippen LogP) is 0.512. The van der Waals surface area contributed by atoms with E-state index in [1.54, 1.807) is 0 Å². The first-order valence-electron chi connectivity index (χ1n) is 9.27. The molecule has 0 aliphatic carbocycles. The van der Waals surface area contributed by atoms with Crippen LogP contribution in [0.15, 0.2) is 10.6 Å². The second kappa shape index (κ2) is 8.64. The van der Waals surface area contributed by atoms with Crippen molar-refractivity contribution in [2.45, 2.75) is 26.3 Å². The lowest BCUT2D eigenvalue weighted by Gasteiger charge is -2.36. The molecule has 0 radical (unpaired) electrons. The number of likely N-dealkylation sites (tertiary alicyclic amines) is 1. The number of hydrogen-bond donors (Lipinski definition) is 0. The molecule has 1 aromatic heterocycles. The van der Waals surface area contributed by atoms with Crippen LogP contribution in [0.25, 0.3) is 0 Å². The van der Waals surface area contributed by atoms with Crippen LogP contribution in [0.1, 0.15) is 24.3 Å². The van der Waals surface area contributed by atoms with E-state index in [2.05, 4.69) is 15.0 Å². The van der Waals surface area contributed by atoms with Gasteiger partial charge in [-0.15, -0.1) is 0 Å². The number of carbonyl (C=O) groups excluding carboxylic acids is 2. The van der Waals surface area contributed by atoms with Crippen molar-refractivity contribution in [3.05, 3.63) is 17.5 Å². The van der Waals surface area contributed by atoms with Crippen molar-refractivity contribution in [2.24, 2.45) is 5.92 Å². The zero-order valence-corrected chi connectivity index (χ0v) is 15.6. The Labute approximate surface area is 154 Å². The van der Waals surface area contributed by atoms with E-state index in [9.17, 15) is 9.59 Å². The van der Waals surface area contributed by atoms with Crippen molar-refractivity contribution >= 4 is 11.9 Å². The minimum atomic E-state index is -0.157. The SMILES string of the molecule is COC(=O)C1CCN(C(=O)CN2CCN(Cc3cc(C)on3)CC2)CC1. The zero-order chi connectivity index (χ0) is 18.5. The van der Waals surface area contributed by atoms with Crippen molar-refractivity contribution in [3.8, 4) is 0 Å². The smallest absolute Gasteiger partial charge is 0.308 e. The quantitative estimate of drug-likeness (QED) is 0.705. The van der Waals surface area contributed by atoms with Crippen LogP contribution in [0.2, 0.25) is 0 Å². The van der Waals surface area contributed by atoms with Crippen LogP contribution in [-0.2, 0) is 20.9 Å². The Morgan fingerprint density at radius 1 is 1.15 bits per heavy atom. The van der Waals surface area contributed by atoms with E-state index in [0.717, 1.165) is 44.2 Å². The van der Waals surface area contributed by atoms with Gasteiger partial charge in [-0.25, -0.2) is 0 Å². The average molecular weight is 364 g/mol. The Morgan fingerprint density at radius 3 is 2.38 bits per heavy atom. The Morgan fingerprint density at radius 2 is 1.81 bits per heavy atom. The highest BCUT2D eigenvalue weighted by Crippen LogP contribution is 2.19. The number of aromatic nitrogens is 1. The lowest BCUT2D eigenvalue weighted by Crippen LogP contribution is -2.51. The second-order valence-corrected chi connectivity index (χ2v) is 7.16. The number of piperidine rings is 1. The standard InChI is InChI=1S/C18H28N4O4/c1-14-11-16(19-26-14)12-20-7-9-21(10-8-20)13-17(23)22-5-3-15(4-6-22)18(24)25-2/h11,15H,3-10,12-13H2,1-2H3. The molecule has 0 aromatic carbocycles. The maximum Gasteiger partial charge on any atom is 0.308 e. The van der Waals surface area contributed by atoms with Gasteiger partial charge >= 0.3 is 5.97 Å². The van der Waals surface area contributed by atoms with Gasteiger partial charge in [-0.05, 0) is 19.8 Å². The van der Waals surface area contributed by atoms with Gasteiger partial charge < -0.3 is 14.2 Å². The molecule has 3 rings (SSSR count). The van der Waals surface area contributed by atoms with Gasteiger partial charge in [0.2, 0.25) is 5.91 Å². The van der Waals surface area contributed by atoms with Crippen LogP contribution < -0.4 is 0 Å². The van der Waals surface area contributed by atoms with Crippen molar-refractivity contribution in [1.29, 1.82) is 0 Å². The van der Waals surface area contributed by atoms with Gasteiger partial charge in [0.05, 0.1) is 25.3 Å². The van der Waals surface area contributed by atoms with Crippen molar-refractivity contribution < 1.29 is 18.8 Å². The monoisotopic (exact) mass is 364 g/mol. The summed E-state index contributed by atoms with van der Waals surface area (Å²) in [6.07, 6.45) is 1.40. The first-order chi connectivity index (χ1) is 12.5. The van der Waals surface area contributed by atoms with Crippen LogP contribution in [0, 0.1) is 12.8 Å². The molecule has 8 heteroatoms. The van der Waals surface area contributed by atoms with Crippen LogP contribution in [0.3, 0.4) is 0 Å². The van der Waals surface area contributed by atoms with E-state index < -0.39 is 0 Å². The fourth-order valence-electron chi connectivity index (χ4n) is 3.65. The minimum Gasteiger partial charge on any atom is -0.469 e. The Kier molecular flexibility index (Phi) is 6.26. The van der Waals surface area contributed by atoms with E-state index in [-0.39, 0.29) is 17.8 Å². The molecule has 2 fully saturated rings. The number of piperazine rings is 1. The van der Waals surface area contributed by atoms with Gasteiger partial charge in [-0.3, -0.25) is 19.4 Å². The summed E-state index contributed by atoms with van der Waals surface area (Å²) in [7, 11) is 1.42. The van der Waals surface area contributed by atoms with E-state index in [0.29, 0.717) is 32.5 Å². The normalized spacial score (nSPS) is 20.3. The molecular weight excluding hydrogens is 336 g/mol. The molecule has 1 aromatic rings. The maximum atomic E-state index is 12.5. The highest BCUT2D eigenvalue weighted by atomic mass is 16.5. The number of methoxy groups -OCH3 is 1. The zero-order valence-electron chi connectivity index (χ0n) is 15.6. The Bertz CT molecular complexity index is 616. The summed E-state index contributed by atoms with van der Waals surface area (Å²) >= 11 is 0. The van der Waals surface area contributed by atoms with E-state index in [1.165, 1.54) is 7.11 Å². The van der Waals surface area contributed by atoms with Gasteiger partial charge in [0.15, 0.2) is 0 Å². The van der Waals surface area contributed by atoms with Crippen molar-refractivity contribution in [2.75, 3.05) is 52.9 Å². The third-order valence-electron chi connectivity index (χ3n) is 5.27. The average Bonchev–Trinajstić information content (AvgIpc) is 3.07. The maximum absolute atomic E-state index is 12.5. The van der Waals surface area contributed by atoms with E-state index in [1.807, 2.05) is 17.9 Å². The molecule has 0 bridgehead atoms. The number of carbonyl (C=O) groups is 2. The third kappa shape index (κ3) is 4.82. The summed E-state index contributed by atoms with van der Waals surface area (Å²) in [5.74, 6) is 0.775. The number of aryl methyl sites for hydroxylation is 1. The summed E-state index contributed by atoms with van der Waals surface area (Å²) in [5.41, 5.74) is 0.959. The largest absolute Gasteiger partial charge is 0.469 e. The van der Waals surface area contributed by atoms with E-state index in [4.69, 9.17) is 9.26 Å². The fraction of sp³-hybridized carbons (Fsp3) is 0.722. The molecule has 1 amide bonds. The molecule has 2 aliphatic rings. The highest BCUT2D eigenvalue weighted by molar-refractivity contribution is 5.79. The highest BCUT2D eigenvalue weighted by Gasteiger charge is 2.29. The predicted molar refractivity (Wildman–Crippen MR) is 94.3 cm³/mol. The molecule has 2 saturated heterocycles. The van der Waals surface area contributed by atoms with Crippen molar-refractivity contribution in [1.82, 2.24) is 19.9 Å². The third-order valence-corrected chi connectivity index (χ3v) is 5.27.